The van der Waals surface area contributed by atoms with Crippen molar-refractivity contribution in [3.8, 4) is 11.8 Å². The summed E-state index contributed by atoms with van der Waals surface area (Å²) in [6.45, 7) is 2.13. The summed E-state index contributed by atoms with van der Waals surface area (Å²) in [5.74, 6) is 0.0764. The first kappa shape index (κ1) is 27.9. The molecule has 0 fully saturated rings. The van der Waals surface area contributed by atoms with E-state index in [1.807, 2.05) is 97.9 Å². The van der Waals surface area contributed by atoms with Gasteiger partial charge in [0.2, 0.25) is 0 Å². The molecule has 1 aliphatic rings. The Labute approximate surface area is 251 Å². The molecule has 4 aromatic carbocycles. The van der Waals surface area contributed by atoms with Gasteiger partial charge in [-0.1, -0.05) is 97.1 Å². The van der Waals surface area contributed by atoms with Gasteiger partial charge < -0.3 is 9.47 Å². The lowest BCUT2D eigenvalue weighted by Gasteiger charge is -2.25. The Kier molecular flexibility index (Phi) is 7.73. The van der Waals surface area contributed by atoms with E-state index in [0.717, 1.165) is 27.5 Å². The molecule has 1 aromatic heterocycles. The number of hydrogen-bond donors (Lipinski definition) is 0. The fourth-order valence-electron chi connectivity index (χ4n) is 5.41. The number of carbonyl (C=O) groups is 1. The Hall–Kier alpha value is -5.26. The van der Waals surface area contributed by atoms with Gasteiger partial charge >= 0.3 is 5.97 Å². The van der Waals surface area contributed by atoms with Crippen LogP contribution in [0.4, 0.5) is 0 Å². The number of carbonyl (C=O) groups excluding carboxylic acids is 1. The van der Waals surface area contributed by atoms with Crippen LogP contribution in [0, 0.1) is 11.3 Å². The van der Waals surface area contributed by atoms with Gasteiger partial charge in [0.25, 0.3) is 5.56 Å². The molecule has 1 aliphatic heterocycles. The van der Waals surface area contributed by atoms with E-state index in [-0.39, 0.29) is 12.2 Å². The zero-order valence-corrected chi connectivity index (χ0v) is 24.4. The molecule has 0 N–H and O–H groups in total. The number of allylic oxidation sites excluding steroid dienone is 1. The number of benzene rings is 4. The molecule has 212 valence electrons. The molecule has 0 radical (unpaired) electrons. The van der Waals surface area contributed by atoms with Crippen LogP contribution in [-0.4, -0.2) is 17.6 Å². The van der Waals surface area contributed by atoms with E-state index in [9.17, 15) is 14.9 Å². The Morgan fingerprint density at radius 1 is 1.02 bits per heavy atom. The Morgan fingerprint density at radius 2 is 1.77 bits per heavy atom. The molecule has 0 unspecified atom stereocenters. The van der Waals surface area contributed by atoms with Crippen LogP contribution < -0.4 is 19.6 Å². The van der Waals surface area contributed by atoms with Gasteiger partial charge in [0, 0.05) is 11.1 Å². The molecule has 5 aromatic rings. The van der Waals surface area contributed by atoms with Crippen molar-refractivity contribution in [1.82, 2.24) is 4.57 Å². The molecule has 0 amide bonds. The zero-order valence-electron chi connectivity index (χ0n) is 23.6. The second-order valence-corrected chi connectivity index (χ2v) is 11.0. The van der Waals surface area contributed by atoms with E-state index >= 15 is 0 Å². The molecular weight excluding hydrogens is 558 g/mol. The smallest absolute Gasteiger partial charge is 0.338 e. The second kappa shape index (κ2) is 11.9. The molecule has 1 atom stereocenters. The van der Waals surface area contributed by atoms with Gasteiger partial charge in [-0.05, 0) is 41.0 Å². The number of nitrogens with zero attached hydrogens (tertiary/aromatic N) is 3. The van der Waals surface area contributed by atoms with E-state index in [1.165, 1.54) is 18.4 Å². The summed E-state index contributed by atoms with van der Waals surface area (Å²) in [5, 5.41) is 11.5. The maximum Gasteiger partial charge on any atom is 0.338 e. The molecule has 7 nitrogen and oxygen atoms in total. The van der Waals surface area contributed by atoms with Crippen LogP contribution in [0.5, 0.6) is 5.75 Å². The fourth-order valence-corrected chi connectivity index (χ4v) is 6.41. The highest BCUT2D eigenvalue weighted by molar-refractivity contribution is 7.07. The first-order chi connectivity index (χ1) is 21.0. The summed E-state index contributed by atoms with van der Waals surface area (Å²) in [4.78, 5) is 32.5. The van der Waals surface area contributed by atoms with Gasteiger partial charge in [0.15, 0.2) is 4.80 Å². The molecule has 0 spiro atoms. The highest BCUT2D eigenvalue weighted by atomic mass is 32.1. The topological polar surface area (TPSA) is 93.7 Å². The number of aromatic nitrogens is 1. The van der Waals surface area contributed by atoms with E-state index < -0.39 is 12.0 Å². The number of methoxy groups -OCH3 is 1. The van der Waals surface area contributed by atoms with E-state index in [1.54, 1.807) is 10.6 Å². The van der Waals surface area contributed by atoms with Crippen molar-refractivity contribution < 1.29 is 14.3 Å². The molecule has 6 rings (SSSR count). The Balaban J connectivity index is 1.55. The minimum Gasteiger partial charge on any atom is -0.488 e. The van der Waals surface area contributed by atoms with E-state index in [0.29, 0.717) is 38.3 Å². The first-order valence-electron chi connectivity index (χ1n) is 13.8. The minimum atomic E-state index is -0.673. The number of ether oxygens (including phenoxy) is 2. The van der Waals surface area contributed by atoms with Crippen molar-refractivity contribution in [3.05, 3.63) is 144 Å². The van der Waals surface area contributed by atoms with Crippen molar-refractivity contribution in [2.75, 3.05) is 7.11 Å². The molecule has 0 saturated carbocycles. The van der Waals surface area contributed by atoms with Gasteiger partial charge in [-0.3, -0.25) is 9.36 Å². The molecule has 0 bridgehead atoms. The quantitative estimate of drug-likeness (QED) is 0.239. The lowest BCUT2D eigenvalue weighted by molar-refractivity contribution is -0.136. The van der Waals surface area contributed by atoms with Crippen LogP contribution in [0.2, 0.25) is 0 Å². The van der Waals surface area contributed by atoms with Crippen LogP contribution >= 0.6 is 11.3 Å². The minimum absolute atomic E-state index is 0.195. The van der Waals surface area contributed by atoms with E-state index in [2.05, 4.69) is 6.07 Å². The number of rotatable bonds is 7. The number of esters is 1. The maximum absolute atomic E-state index is 14.2. The van der Waals surface area contributed by atoms with Gasteiger partial charge in [-0.15, -0.1) is 0 Å². The van der Waals surface area contributed by atoms with Crippen molar-refractivity contribution >= 4 is 34.2 Å². The first-order valence-corrected chi connectivity index (χ1v) is 14.7. The highest BCUT2D eigenvalue weighted by Crippen LogP contribution is 2.32. The zero-order chi connectivity index (χ0) is 29.9. The second-order valence-electron chi connectivity index (χ2n) is 9.96. The fraction of sp³-hybridized carbons (Fsp3) is 0.143. The van der Waals surface area contributed by atoms with Crippen LogP contribution in [0.25, 0.3) is 16.8 Å². The number of nitriles is 1. The molecule has 0 saturated heterocycles. The third kappa shape index (κ3) is 5.16. The molecular formula is C35H27N3O4S. The number of fused-ring (bicyclic) bond motifs is 2. The molecule has 0 aliphatic carbocycles. The monoisotopic (exact) mass is 585 g/mol. The summed E-state index contributed by atoms with van der Waals surface area (Å²) in [6, 6.07) is 30.1. The maximum atomic E-state index is 14.2. The Bertz CT molecular complexity index is 2120. The predicted molar refractivity (Wildman–Crippen MR) is 166 cm³/mol. The third-order valence-electron chi connectivity index (χ3n) is 7.49. The van der Waals surface area contributed by atoms with Gasteiger partial charge in [-0.2, -0.15) is 5.26 Å². The summed E-state index contributed by atoms with van der Waals surface area (Å²) < 4.78 is 13.5. The van der Waals surface area contributed by atoms with Gasteiger partial charge in [-0.25, -0.2) is 9.79 Å². The van der Waals surface area contributed by atoms with Crippen molar-refractivity contribution in [3.63, 3.8) is 0 Å². The predicted octanol–water partition coefficient (Wildman–Crippen LogP) is 5.40. The standard InChI is InChI=1S/C35H27N3O4S/c1-3-28-31(34(40)41-2)32(23-12-5-4-6-13-23)38-33(39)30(43-35(38)37-28)19-27-26-16-10-9-11-22(26)17-18-29(27)42-21-25-15-8-7-14-24(25)20-36/h4-19,32H,3,21H2,1-2H3/b30-19+/t32-/m1/s1. The van der Waals surface area contributed by atoms with Crippen molar-refractivity contribution in [1.29, 1.82) is 5.26 Å². The normalized spacial score (nSPS) is 14.6. The summed E-state index contributed by atoms with van der Waals surface area (Å²) >= 11 is 1.28. The number of hydrogen-bond acceptors (Lipinski definition) is 7. The van der Waals surface area contributed by atoms with Gasteiger partial charge in [0.1, 0.15) is 12.4 Å². The molecule has 2 heterocycles. The van der Waals surface area contributed by atoms with Crippen LogP contribution in [0.3, 0.4) is 0 Å². The summed E-state index contributed by atoms with van der Waals surface area (Å²) in [6.07, 6.45) is 2.34. The van der Waals surface area contributed by atoms with Crippen LogP contribution in [0.1, 0.15) is 41.6 Å². The largest absolute Gasteiger partial charge is 0.488 e. The SMILES string of the molecule is CCC1=C(C(=O)OC)[C@@H](c2ccccc2)n2c(s/c(=C/c3c(OCc4ccccc4C#N)ccc4ccccc34)c2=O)=N1. The van der Waals surface area contributed by atoms with Crippen molar-refractivity contribution in [2.45, 2.75) is 26.0 Å². The van der Waals surface area contributed by atoms with Crippen LogP contribution in [-0.2, 0) is 16.1 Å². The average Bonchev–Trinajstić information content (AvgIpc) is 3.37. The van der Waals surface area contributed by atoms with Crippen LogP contribution in [0.15, 0.2) is 112 Å². The lowest BCUT2D eigenvalue weighted by Crippen LogP contribution is -2.40. The molecule has 43 heavy (non-hydrogen) atoms. The molecule has 8 heteroatoms. The average molecular weight is 586 g/mol. The van der Waals surface area contributed by atoms with Gasteiger partial charge in [0.05, 0.1) is 40.6 Å². The summed E-state index contributed by atoms with van der Waals surface area (Å²) in [7, 11) is 1.34. The summed E-state index contributed by atoms with van der Waals surface area (Å²) in [5.41, 5.74) is 3.56. The number of thiazole rings is 1. The Morgan fingerprint density at radius 3 is 2.53 bits per heavy atom. The lowest BCUT2D eigenvalue weighted by atomic mass is 9.95. The van der Waals surface area contributed by atoms with Crippen molar-refractivity contribution in [2.24, 2.45) is 4.99 Å². The van der Waals surface area contributed by atoms with E-state index in [4.69, 9.17) is 14.5 Å². The third-order valence-corrected chi connectivity index (χ3v) is 8.48. The highest BCUT2D eigenvalue weighted by Gasteiger charge is 2.33.